The van der Waals surface area contributed by atoms with Crippen molar-refractivity contribution >= 4 is 33.5 Å². The molecule has 1 aromatic carbocycles. The van der Waals surface area contributed by atoms with E-state index in [2.05, 4.69) is 21.2 Å². The number of aryl methyl sites for hydroxylation is 2. The zero-order chi connectivity index (χ0) is 15.9. The summed E-state index contributed by atoms with van der Waals surface area (Å²) in [6.45, 7) is 1.65. The van der Waals surface area contributed by atoms with Crippen LogP contribution < -0.4 is 5.32 Å². The normalized spacial score (nSPS) is 10.3. The van der Waals surface area contributed by atoms with E-state index in [1.54, 1.807) is 30.5 Å². The molecule has 0 bridgehead atoms. The average molecular weight is 366 g/mol. The molecule has 22 heavy (non-hydrogen) atoms. The summed E-state index contributed by atoms with van der Waals surface area (Å²) < 4.78 is 10.9. The van der Waals surface area contributed by atoms with Gasteiger partial charge in [-0.2, -0.15) is 0 Å². The van der Waals surface area contributed by atoms with E-state index in [0.29, 0.717) is 17.9 Å². The molecule has 1 aromatic heterocycles. The average Bonchev–Trinajstić information content (AvgIpc) is 3.00. The van der Waals surface area contributed by atoms with Gasteiger partial charge in [0.2, 0.25) is 0 Å². The molecule has 2 rings (SSSR count). The van der Waals surface area contributed by atoms with Crippen molar-refractivity contribution in [1.82, 2.24) is 0 Å². The van der Waals surface area contributed by atoms with Gasteiger partial charge in [0.05, 0.1) is 12.7 Å². The van der Waals surface area contributed by atoms with Crippen molar-refractivity contribution < 1.29 is 18.7 Å². The molecule has 1 N–H and O–H groups in total. The maximum atomic E-state index is 11.7. The van der Waals surface area contributed by atoms with Crippen molar-refractivity contribution in [3.8, 4) is 0 Å². The van der Waals surface area contributed by atoms with Gasteiger partial charge in [0, 0.05) is 16.6 Å². The topological polar surface area (TPSA) is 68.5 Å². The zero-order valence-corrected chi connectivity index (χ0v) is 13.7. The van der Waals surface area contributed by atoms with E-state index in [0.717, 1.165) is 10.0 Å². The summed E-state index contributed by atoms with van der Waals surface area (Å²) in [5.74, 6) is -0.0929. The Morgan fingerprint density at radius 1 is 1.32 bits per heavy atom. The summed E-state index contributed by atoms with van der Waals surface area (Å²) in [4.78, 5) is 23.3. The van der Waals surface area contributed by atoms with Gasteiger partial charge in [-0.05, 0) is 36.8 Å². The Bertz CT molecular complexity index is 652. The van der Waals surface area contributed by atoms with Crippen LogP contribution in [0.3, 0.4) is 0 Å². The third kappa shape index (κ3) is 5.04. The second-order valence-corrected chi connectivity index (χ2v) is 5.61. The molecule has 116 valence electrons. The number of nitrogens with one attached hydrogen (secondary N) is 1. The van der Waals surface area contributed by atoms with Crippen LogP contribution in [0.4, 0.5) is 5.69 Å². The molecule has 0 fully saturated rings. The number of ether oxygens (including phenoxy) is 1. The Balaban J connectivity index is 1.72. The predicted octanol–water partition coefficient (Wildman–Crippen LogP) is 3.47. The minimum absolute atomic E-state index is 0.177. The number of hydrogen-bond acceptors (Lipinski definition) is 4. The number of benzene rings is 1. The molecule has 0 aliphatic rings. The minimum Gasteiger partial charge on any atom is -0.469 e. The first kappa shape index (κ1) is 16.3. The molecular weight excluding hydrogens is 350 g/mol. The highest BCUT2D eigenvalue weighted by atomic mass is 79.9. The maximum absolute atomic E-state index is 11.7. The standard InChI is InChI=1S/C16H16BrNO4/c1-11-4-5-12(9-14(11)17)18-15(19)10-22-16(20)7-6-13-3-2-8-21-13/h2-5,8-9H,6-7,10H2,1H3,(H,18,19). The Hall–Kier alpha value is -2.08. The Labute approximate surface area is 136 Å². The Morgan fingerprint density at radius 3 is 2.82 bits per heavy atom. The number of hydrogen-bond donors (Lipinski definition) is 1. The number of carbonyl (C=O) groups excluding carboxylic acids is 2. The van der Waals surface area contributed by atoms with Gasteiger partial charge in [-0.25, -0.2) is 0 Å². The molecule has 2 aromatic rings. The molecule has 6 heteroatoms. The predicted molar refractivity (Wildman–Crippen MR) is 85.5 cm³/mol. The lowest BCUT2D eigenvalue weighted by Gasteiger charge is -2.07. The van der Waals surface area contributed by atoms with Gasteiger partial charge in [0.25, 0.3) is 5.91 Å². The molecule has 1 amide bonds. The fourth-order valence-corrected chi connectivity index (χ4v) is 2.14. The van der Waals surface area contributed by atoms with Crippen molar-refractivity contribution in [1.29, 1.82) is 0 Å². The van der Waals surface area contributed by atoms with Gasteiger partial charge in [-0.1, -0.05) is 22.0 Å². The maximum Gasteiger partial charge on any atom is 0.306 e. The van der Waals surface area contributed by atoms with Crippen molar-refractivity contribution in [3.05, 3.63) is 52.4 Å². The van der Waals surface area contributed by atoms with Crippen molar-refractivity contribution in [2.75, 3.05) is 11.9 Å². The van der Waals surface area contributed by atoms with Crippen LogP contribution in [0.5, 0.6) is 0 Å². The van der Waals surface area contributed by atoms with Crippen molar-refractivity contribution in [3.63, 3.8) is 0 Å². The molecule has 0 saturated heterocycles. The monoisotopic (exact) mass is 365 g/mol. The minimum atomic E-state index is -0.434. The third-order valence-corrected chi connectivity index (χ3v) is 3.83. The second-order valence-electron chi connectivity index (χ2n) is 4.75. The molecule has 0 aliphatic heterocycles. The first-order chi connectivity index (χ1) is 10.5. The van der Waals surface area contributed by atoms with E-state index >= 15 is 0 Å². The highest BCUT2D eigenvalue weighted by Crippen LogP contribution is 2.20. The molecule has 0 unspecified atom stereocenters. The zero-order valence-electron chi connectivity index (χ0n) is 12.1. The van der Waals surface area contributed by atoms with E-state index in [1.807, 2.05) is 13.0 Å². The smallest absolute Gasteiger partial charge is 0.306 e. The molecular formula is C16H16BrNO4. The number of carbonyl (C=O) groups is 2. The summed E-state index contributed by atoms with van der Waals surface area (Å²) in [6.07, 6.45) is 2.18. The largest absolute Gasteiger partial charge is 0.469 e. The highest BCUT2D eigenvalue weighted by molar-refractivity contribution is 9.10. The Kier molecular flexibility index (Phi) is 5.77. The number of rotatable bonds is 6. The third-order valence-electron chi connectivity index (χ3n) is 2.98. The van der Waals surface area contributed by atoms with Gasteiger partial charge in [0.1, 0.15) is 5.76 Å². The van der Waals surface area contributed by atoms with E-state index < -0.39 is 5.97 Å². The number of amides is 1. The first-order valence-electron chi connectivity index (χ1n) is 6.78. The van der Waals surface area contributed by atoms with Crippen LogP contribution in [-0.2, 0) is 20.7 Å². The number of anilines is 1. The van der Waals surface area contributed by atoms with E-state index in [1.165, 1.54) is 0 Å². The van der Waals surface area contributed by atoms with Crippen LogP contribution in [0.15, 0.2) is 45.5 Å². The summed E-state index contributed by atoms with van der Waals surface area (Å²) in [7, 11) is 0. The van der Waals surface area contributed by atoms with Crippen LogP contribution in [0, 0.1) is 6.92 Å². The summed E-state index contributed by atoms with van der Waals surface area (Å²) in [6, 6.07) is 9.01. The Morgan fingerprint density at radius 2 is 2.14 bits per heavy atom. The van der Waals surface area contributed by atoms with Gasteiger partial charge in [-0.3, -0.25) is 9.59 Å². The van der Waals surface area contributed by atoms with Gasteiger partial charge >= 0.3 is 5.97 Å². The lowest BCUT2D eigenvalue weighted by Crippen LogP contribution is -2.21. The molecule has 0 aliphatic carbocycles. The van der Waals surface area contributed by atoms with E-state index in [-0.39, 0.29) is 18.9 Å². The van der Waals surface area contributed by atoms with Crippen LogP contribution >= 0.6 is 15.9 Å². The SMILES string of the molecule is Cc1ccc(NC(=O)COC(=O)CCc2ccco2)cc1Br. The van der Waals surface area contributed by atoms with Crippen LogP contribution in [0.25, 0.3) is 0 Å². The lowest BCUT2D eigenvalue weighted by atomic mass is 10.2. The lowest BCUT2D eigenvalue weighted by molar-refractivity contribution is -0.147. The number of halogens is 1. The fourth-order valence-electron chi connectivity index (χ4n) is 1.77. The molecule has 0 atom stereocenters. The van der Waals surface area contributed by atoms with Crippen LogP contribution in [0.1, 0.15) is 17.7 Å². The molecule has 0 saturated carbocycles. The van der Waals surface area contributed by atoms with Crippen LogP contribution in [-0.4, -0.2) is 18.5 Å². The molecule has 0 radical (unpaired) electrons. The van der Waals surface area contributed by atoms with E-state index in [9.17, 15) is 9.59 Å². The van der Waals surface area contributed by atoms with E-state index in [4.69, 9.17) is 9.15 Å². The molecule has 1 heterocycles. The summed E-state index contributed by atoms with van der Waals surface area (Å²) in [5, 5.41) is 2.67. The number of esters is 1. The summed E-state index contributed by atoms with van der Waals surface area (Å²) >= 11 is 3.39. The fraction of sp³-hybridized carbons (Fsp3) is 0.250. The highest BCUT2D eigenvalue weighted by Gasteiger charge is 2.09. The van der Waals surface area contributed by atoms with Crippen molar-refractivity contribution in [2.24, 2.45) is 0 Å². The second kappa shape index (κ2) is 7.79. The summed E-state index contributed by atoms with van der Waals surface area (Å²) in [5.41, 5.74) is 1.72. The number of furan rings is 1. The quantitative estimate of drug-likeness (QED) is 0.795. The molecule has 5 nitrogen and oxygen atoms in total. The first-order valence-corrected chi connectivity index (χ1v) is 7.58. The molecule has 0 spiro atoms. The van der Waals surface area contributed by atoms with Gasteiger partial charge in [0.15, 0.2) is 6.61 Å². The van der Waals surface area contributed by atoms with Crippen LogP contribution in [0.2, 0.25) is 0 Å². The van der Waals surface area contributed by atoms with Crippen molar-refractivity contribution in [2.45, 2.75) is 19.8 Å². The van der Waals surface area contributed by atoms with Gasteiger partial charge in [-0.15, -0.1) is 0 Å². The van der Waals surface area contributed by atoms with Gasteiger partial charge < -0.3 is 14.5 Å².